The van der Waals surface area contributed by atoms with Crippen molar-refractivity contribution in [3.8, 4) is 44.8 Å². The van der Waals surface area contributed by atoms with Crippen LogP contribution in [0, 0.1) is 13.8 Å². The van der Waals surface area contributed by atoms with E-state index in [0.29, 0.717) is 0 Å². The Morgan fingerprint density at radius 1 is 0.383 bits per heavy atom. The molecule has 0 unspecified atom stereocenters. The molecule has 0 fully saturated rings. The fourth-order valence-corrected chi connectivity index (χ4v) is 5.87. The summed E-state index contributed by atoms with van der Waals surface area (Å²) in [5.41, 5.74) is 16.2. The Morgan fingerprint density at radius 3 is 1.09 bits per heavy atom. The Morgan fingerprint density at radius 2 is 0.723 bits per heavy atom. The lowest BCUT2D eigenvalue weighted by Gasteiger charge is -2.20. The number of pyridine rings is 1. The highest BCUT2D eigenvalue weighted by atomic mass is 14.9. The van der Waals surface area contributed by atoms with Crippen molar-refractivity contribution >= 4 is 11.4 Å². The molecule has 6 aromatic rings. The smallest absolute Gasteiger partial charge is 0.0730 e. The summed E-state index contributed by atoms with van der Waals surface area (Å²) in [5, 5.41) is 3.80. The lowest BCUT2D eigenvalue weighted by Crippen LogP contribution is -2.10. The van der Waals surface area contributed by atoms with Gasteiger partial charge in [0.15, 0.2) is 0 Å². The van der Waals surface area contributed by atoms with Gasteiger partial charge in [-0.3, -0.25) is 0 Å². The van der Waals surface area contributed by atoms with Crippen molar-refractivity contribution in [1.29, 1.82) is 0 Å². The molecule has 0 aliphatic heterocycles. The van der Waals surface area contributed by atoms with Crippen molar-refractivity contribution in [2.24, 2.45) is 0 Å². The van der Waals surface area contributed by atoms with Gasteiger partial charge in [-0.1, -0.05) is 150 Å². The van der Waals surface area contributed by atoms with Crippen LogP contribution < -0.4 is 5.32 Å². The van der Waals surface area contributed by atoms with Crippen molar-refractivity contribution < 1.29 is 0 Å². The first-order chi connectivity index (χ1) is 22.3. The van der Waals surface area contributed by atoms with Crippen molar-refractivity contribution in [1.82, 2.24) is 4.98 Å². The van der Waals surface area contributed by atoms with Crippen molar-refractivity contribution in [3.05, 3.63) is 150 Å². The minimum atomic E-state index is 0.105. The average molecular weight is 615 g/mol. The number of benzene rings is 5. The van der Waals surface area contributed by atoms with E-state index in [1.807, 2.05) is 0 Å². The maximum atomic E-state index is 5.12. The first kappa shape index (κ1) is 32.0. The van der Waals surface area contributed by atoms with Gasteiger partial charge >= 0.3 is 0 Å². The van der Waals surface area contributed by atoms with E-state index < -0.39 is 0 Å². The predicted molar refractivity (Wildman–Crippen MR) is 203 cm³/mol. The van der Waals surface area contributed by atoms with Gasteiger partial charge in [0, 0.05) is 22.5 Å². The first-order valence-corrected chi connectivity index (χ1v) is 16.6. The Balaban J connectivity index is 1.46. The highest BCUT2D eigenvalue weighted by molar-refractivity contribution is 5.82. The molecule has 0 radical (unpaired) electrons. The van der Waals surface area contributed by atoms with Crippen LogP contribution in [0.3, 0.4) is 0 Å². The fourth-order valence-electron chi connectivity index (χ4n) is 5.87. The van der Waals surface area contributed by atoms with Crippen molar-refractivity contribution in [2.45, 2.75) is 66.2 Å². The molecule has 1 aromatic heterocycles. The molecule has 2 heteroatoms. The van der Waals surface area contributed by atoms with Crippen LogP contribution in [0.25, 0.3) is 44.8 Å². The molecule has 0 atom stereocenters. The fraction of sp³-hybridized carbons (Fsp3) is 0.222. The number of rotatable bonds is 6. The van der Waals surface area contributed by atoms with Gasteiger partial charge in [0.25, 0.3) is 0 Å². The van der Waals surface area contributed by atoms with Crippen LogP contribution in [-0.2, 0) is 10.8 Å². The number of nitrogens with one attached hydrogen (secondary N) is 1. The predicted octanol–water partition coefficient (Wildman–Crippen LogP) is 12.7. The zero-order valence-corrected chi connectivity index (χ0v) is 29.1. The summed E-state index contributed by atoms with van der Waals surface area (Å²) in [4.78, 5) is 5.12. The van der Waals surface area contributed by atoms with Crippen molar-refractivity contribution in [2.75, 3.05) is 5.32 Å². The number of hydrogen-bond acceptors (Lipinski definition) is 2. The van der Waals surface area contributed by atoms with Crippen molar-refractivity contribution in [3.63, 3.8) is 0 Å². The summed E-state index contributed by atoms with van der Waals surface area (Å²) in [6.45, 7) is 17.8. The van der Waals surface area contributed by atoms with Gasteiger partial charge in [-0.25, -0.2) is 4.98 Å². The Hall–Kier alpha value is -4.95. The monoisotopic (exact) mass is 614 g/mol. The summed E-state index contributed by atoms with van der Waals surface area (Å²) in [5.74, 6) is 0. The lowest BCUT2D eigenvalue weighted by atomic mass is 9.85. The van der Waals surface area contributed by atoms with E-state index in [2.05, 4.69) is 188 Å². The highest BCUT2D eigenvalue weighted by Gasteiger charge is 2.16. The zero-order chi connectivity index (χ0) is 33.3. The van der Waals surface area contributed by atoms with Gasteiger partial charge < -0.3 is 5.32 Å². The second-order valence-electron chi connectivity index (χ2n) is 14.9. The van der Waals surface area contributed by atoms with Gasteiger partial charge in [0.1, 0.15) is 0 Å². The van der Waals surface area contributed by atoms with Crippen LogP contribution in [0.2, 0.25) is 0 Å². The quantitative estimate of drug-likeness (QED) is 0.202. The Kier molecular flexibility index (Phi) is 8.64. The SMILES string of the molecule is Cc1ccc(-c2cc(Nc3cc(-c4ccc(C(C)(C)C)cc4)cc(-c4ccc(C(C)(C)C)cc4)c3)cc(-c3ccc(C)cc3)n2)cc1. The molecule has 0 saturated heterocycles. The molecule has 47 heavy (non-hydrogen) atoms. The molecule has 0 saturated carbocycles. The maximum Gasteiger partial charge on any atom is 0.0730 e. The van der Waals surface area contributed by atoms with Crippen LogP contribution >= 0.6 is 0 Å². The van der Waals surface area contributed by atoms with E-state index in [4.69, 9.17) is 4.98 Å². The number of anilines is 2. The molecule has 0 aliphatic rings. The second-order valence-corrected chi connectivity index (χ2v) is 14.9. The lowest BCUT2D eigenvalue weighted by molar-refractivity contribution is 0.590. The van der Waals surface area contributed by atoms with Gasteiger partial charge in [-0.2, -0.15) is 0 Å². The summed E-state index contributed by atoms with van der Waals surface area (Å²) in [6.07, 6.45) is 0. The van der Waals surface area contributed by atoms with Crippen LogP contribution in [0.1, 0.15) is 63.8 Å². The number of aryl methyl sites for hydroxylation is 2. The molecule has 1 N–H and O–H groups in total. The van der Waals surface area contributed by atoms with Crippen LogP contribution in [0.4, 0.5) is 11.4 Å². The summed E-state index contributed by atoms with van der Waals surface area (Å²) in [7, 11) is 0. The van der Waals surface area contributed by atoms with E-state index in [1.54, 1.807) is 0 Å². The standard InChI is InChI=1S/C45H46N2/c1-30-9-13-34(14-10-30)42-28-41(29-43(47-42)35-15-11-31(2)12-16-35)46-40-26-36(32-17-21-38(22-18-32)44(3,4)5)25-37(27-40)33-19-23-39(24-20-33)45(6,7)8/h9-29H,1-8H3,(H,46,47). The second kappa shape index (κ2) is 12.7. The molecule has 0 amide bonds. The summed E-state index contributed by atoms with van der Waals surface area (Å²) in [6, 6.07) is 46.4. The molecule has 0 bridgehead atoms. The molecular weight excluding hydrogens is 569 g/mol. The third-order valence-electron chi connectivity index (χ3n) is 8.91. The summed E-state index contributed by atoms with van der Waals surface area (Å²) >= 11 is 0. The molecule has 236 valence electrons. The topological polar surface area (TPSA) is 24.9 Å². The number of aromatic nitrogens is 1. The molecular formula is C45H46N2. The molecule has 2 nitrogen and oxygen atoms in total. The molecule has 6 rings (SSSR count). The first-order valence-electron chi connectivity index (χ1n) is 16.6. The van der Waals surface area contributed by atoms with E-state index in [1.165, 1.54) is 44.5 Å². The van der Waals surface area contributed by atoms with E-state index in [-0.39, 0.29) is 10.8 Å². The van der Waals surface area contributed by atoms with Gasteiger partial charge in [0.05, 0.1) is 11.4 Å². The van der Waals surface area contributed by atoms with Gasteiger partial charge in [0.2, 0.25) is 0 Å². The summed E-state index contributed by atoms with van der Waals surface area (Å²) < 4.78 is 0. The number of hydrogen-bond donors (Lipinski definition) is 1. The van der Waals surface area contributed by atoms with E-state index in [0.717, 1.165) is 33.9 Å². The largest absolute Gasteiger partial charge is 0.355 e. The van der Waals surface area contributed by atoms with Crippen LogP contribution in [0.5, 0.6) is 0 Å². The maximum absolute atomic E-state index is 5.12. The third-order valence-corrected chi connectivity index (χ3v) is 8.91. The molecule has 1 heterocycles. The Labute approximate surface area is 281 Å². The van der Waals surface area contributed by atoms with Crippen LogP contribution in [0.15, 0.2) is 127 Å². The minimum absolute atomic E-state index is 0.105. The van der Waals surface area contributed by atoms with Gasteiger partial charge in [-0.05, 0) is 88.4 Å². The van der Waals surface area contributed by atoms with E-state index in [9.17, 15) is 0 Å². The average Bonchev–Trinajstić information content (AvgIpc) is 3.04. The highest BCUT2D eigenvalue weighted by Crippen LogP contribution is 2.36. The minimum Gasteiger partial charge on any atom is -0.355 e. The molecule has 0 spiro atoms. The Bertz CT molecular complexity index is 1840. The van der Waals surface area contributed by atoms with E-state index >= 15 is 0 Å². The van der Waals surface area contributed by atoms with Gasteiger partial charge in [-0.15, -0.1) is 0 Å². The normalized spacial score (nSPS) is 11.8. The molecule has 5 aromatic carbocycles. The number of nitrogens with zero attached hydrogens (tertiary/aromatic N) is 1. The third kappa shape index (κ3) is 7.55. The molecule has 0 aliphatic carbocycles. The van der Waals surface area contributed by atoms with Crippen LogP contribution in [-0.4, -0.2) is 4.98 Å². The zero-order valence-electron chi connectivity index (χ0n) is 29.1.